The summed E-state index contributed by atoms with van der Waals surface area (Å²) in [4.78, 5) is 23.4. The molecule has 0 aliphatic rings. The molecule has 2 amide bonds. The maximum absolute atomic E-state index is 12.1. The first-order chi connectivity index (χ1) is 9.61. The fourth-order valence-corrected chi connectivity index (χ4v) is 1.92. The lowest BCUT2D eigenvalue weighted by atomic mass is 10.1. The molecule has 0 aromatic heterocycles. The first-order valence-corrected chi connectivity index (χ1v) is 6.50. The van der Waals surface area contributed by atoms with Crippen LogP contribution in [0.1, 0.15) is 26.3 Å². The maximum atomic E-state index is 12.1. The first-order valence-electron chi connectivity index (χ1n) is 5.97. The van der Waals surface area contributed by atoms with Crippen LogP contribution in [-0.2, 0) is 5.88 Å². The van der Waals surface area contributed by atoms with Gasteiger partial charge in [0.1, 0.15) is 0 Å². The topological polar surface area (TPSA) is 72.2 Å². The Balaban J connectivity index is 2.21. The van der Waals surface area contributed by atoms with Crippen LogP contribution in [0.5, 0.6) is 0 Å². The van der Waals surface area contributed by atoms with Crippen LogP contribution >= 0.6 is 11.6 Å². The number of amides is 2. The van der Waals surface area contributed by atoms with Crippen LogP contribution in [0.3, 0.4) is 0 Å². The molecule has 0 aliphatic carbocycles. The summed E-state index contributed by atoms with van der Waals surface area (Å²) in [5.74, 6) is -0.495. The highest BCUT2D eigenvalue weighted by Crippen LogP contribution is 2.16. The smallest absolute Gasteiger partial charge is 0.255 e. The van der Waals surface area contributed by atoms with Crippen molar-refractivity contribution >= 4 is 29.1 Å². The van der Waals surface area contributed by atoms with E-state index in [4.69, 9.17) is 17.3 Å². The number of halogens is 1. The van der Waals surface area contributed by atoms with Crippen molar-refractivity contribution in [1.82, 2.24) is 0 Å². The minimum atomic E-state index is -0.585. The molecule has 0 saturated heterocycles. The van der Waals surface area contributed by atoms with E-state index in [2.05, 4.69) is 5.32 Å². The zero-order chi connectivity index (χ0) is 14.5. The van der Waals surface area contributed by atoms with E-state index in [9.17, 15) is 9.59 Å². The molecule has 2 aromatic carbocycles. The number of carbonyl (C=O) groups excluding carboxylic acids is 2. The van der Waals surface area contributed by atoms with Crippen molar-refractivity contribution in [3.63, 3.8) is 0 Å². The summed E-state index contributed by atoms with van der Waals surface area (Å²) in [5.41, 5.74) is 7.35. The van der Waals surface area contributed by atoms with E-state index in [1.54, 1.807) is 48.5 Å². The minimum Gasteiger partial charge on any atom is -0.366 e. The number of hydrogen-bond acceptors (Lipinski definition) is 2. The molecule has 2 rings (SSSR count). The minimum absolute atomic E-state index is 0.276. The largest absolute Gasteiger partial charge is 0.366 e. The van der Waals surface area contributed by atoms with Crippen molar-refractivity contribution in [2.24, 2.45) is 5.73 Å². The Kier molecular flexibility index (Phi) is 4.38. The van der Waals surface area contributed by atoms with Gasteiger partial charge in [-0.25, -0.2) is 0 Å². The number of hydrogen-bond donors (Lipinski definition) is 2. The Morgan fingerprint density at radius 2 is 1.70 bits per heavy atom. The molecule has 0 unspecified atom stereocenters. The fraction of sp³-hybridized carbons (Fsp3) is 0.0667. The lowest BCUT2D eigenvalue weighted by Crippen LogP contribution is -2.18. The second-order valence-corrected chi connectivity index (χ2v) is 4.46. The molecular weight excluding hydrogens is 276 g/mol. The summed E-state index contributed by atoms with van der Waals surface area (Å²) < 4.78 is 0. The predicted octanol–water partition coefficient (Wildman–Crippen LogP) is 2.78. The van der Waals surface area contributed by atoms with Crippen LogP contribution in [0, 0.1) is 0 Å². The van der Waals surface area contributed by atoms with Crippen molar-refractivity contribution < 1.29 is 9.59 Å². The Morgan fingerprint density at radius 1 is 1.05 bits per heavy atom. The van der Waals surface area contributed by atoms with E-state index in [0.29, 0.717) is 17.1 Å². The van der Waals surface area contributed by atoms with Gasteiger partial charge in [-0.2, -0.15) is 0 Å². The van der Waals surface area contributed by atoms with Crippen molar-refractivity contribution in [3.8, 4) is 0 Å². The number of anilines is 1. The van der Waals surface area contributed by atoms with Crippen LogP contribution in [0.15, 0.2) is 48.5 Å². The Hall–Kier alpha value is -2.33. The second-order valence-electron chi connectivity index (χ2n) is 4.19. The highest BCUT2D eigenvalue weighted by molar-refractivity contribution is 6.17. The third kappa shape index (κ3) is 3.16. The molecule has 0 heterocycles. The predicted molar refractivity (Wildman–Crippen MR) is 78.9 cm³/mol. The quantitative estimate of drug-likeness (QED) is 0.849. The first kappa shape index (κ1) is 14.1. The highest BCUT2D eigenvalue weighted by Gasteiger charge is 2.11. The molecule has 0 fully saturated rings. The third-order valence-corrected chi connectivity index (χ3v) is 3.12. The number of nitrogens with two attached hydrogens (primary N) is 1. The van der Waals surface area contributed by atoms with Gasteiger partial charge in [0.15, 0.2) is 0 Å². The number of alkyl halides is 1. The molecule has 0 radical (unpaired) electrons. The van der Waals surface area contributed by atoms with Gasteiger partial charge in [0.05, 0.1) is 11.3 Å². The van der Waals surface area contributed by atoms with E-state index < -0.39 is 5.91 Å². The van der Waals surface area contributed by atoms with Crippen LogP contribution in [0.2, 0.25) is 0 Å². The van der Waals surface area contributed by atoms with Crippen LogP contribution in [-0.4, -0.2) is 11.8 Å². The molecule has 102 valence electrons. The van der Waals surface area contributed by atoms with Gasteiger partial charge in [0.2, 0.25) is 0 Å². The normalized spacial score (nSPS) is 10.1. The molecule has 4 nitrogen and oxygen atoms in total. The Labute approximate surface area is 121 Å². The van der Waals surface area contributed by atoms with Crippen molar-refractivity contribution in [3.05, 3.63) is 65.2 Å². The van der Waals surface area contributed by atoms with Gasteiger partial charge >= 0.3 is 0 Å². The summed E-state index contributed by atoms with van der Waals surface area (Å²) in [5, 5.41) is 2.67. The number of primary amides is 1. The third-order valence-electron chi connectivity index (χ3n) is 2.81. The molecule has 0 atom stereocenters. The number of para-hydroxylation sites is 1. The molecule has 20 heavy (non-hydrogen) atoms. The Morgan fingerprint density at radius 3 is 2.30 bits per heavy atom. The summed E-state index contributed by atoms with van der Waals surface area (Å²) >= 11 is 5.69. The van der Waals surface area contributed by atoms with Crippen LogP contribution in [0.25, 0.3) is 0 Å². The molecule has 5 heteroatoms. The van der Waals surface area contributed by atoms with E-state index in [-0.39, 0.29) is 11.5 Å². The van der Waals surface area contributed by atoms with Crippen LogP contribution in [0.4, 0.5) is 5.69 Å². The van der Waals surface area contributed by atoms with E-state index in [1.807, 2.05) is 0 Å². The van der Waals surface area contributed by atoms with Gasteiger partial charge in [-0.3, -0.25) is 9.59 Å². The summed E-state index contributed by atoms with van der Waals surface area (Å²) in [7, 11) is 0. The van der Waals surface area contributed by atoms with Crippen molar-refractivity contribution in [1.29, 1.82) is 0 Å². The standard InChI is InChI=1S/C15H13ClN2O2/c16-9-10-5-7-11(8-6-10)15(20)18-13-4-2-1-3-12(13)14(17)19/h1-8H,9H2,(H2,17,19)(H,18,20). The molecule has 0 bridgehead atoms. The van der Waals surface area contributed by atoms with Crippen molar-refractivity contribution in [2.45, 2.75) is 5.88 Å². The van der Waals surface area contributed by atoms with Crippen LogP contribution < -0.4 is 11.1 Å². The van der Waals surface area contributed by atoms with Crippen molar-refractivity contribution in [2.75, 3.05) is 5.32 Å². The Bertz CT molecular complexity index is 639. The SMILES string of the molecule is NC(=O)c1ccccc1NC(=O)c1ccc(CCl)cc1. The van der Waals surface area contributed by atoms with E-state index in [0.717, 1.165) is 5.56 Å². The monoisotopic (exact) mass is 288 g/mol. The van der Waals surface area contributed by atoms with Gasteiger partial charge < -0.3 is 11.1 Å². The van der Waals surface area contributed by atoms with Gasteiger partial charge in [0, 0.05) is 11.4 Å². The molecular formula is C15H13ClN2O2. The average molecular weight is 289 g/mol. The zero-order valence-electron chi connectivity index (χ0n) is 10.6. The summed E-state index contributed by atoms with van der Waals surface area (Å²) in [6.07, 6.45) is 0. The number of carbonyl (C=O) groups is 2. The summed E-state index contributed by atoms with van der Waals surface area (Å²) in [6, 6.07) is 13.5. The summed E-state index contributed by atoms with van der Waals surface area (Å²) in [6.45, 7) is 0. The average Bonchev–Trinajstić information content (AvgIpc) is 2.47. The molecule has 0 aliphatic heterocycles. The highest BCUT2D eigenvalue weighted by atomic mass is 35.5. The maximum Gasteiger partial charge on any atom is 0.255 e. The number of nitrogens with one attached hydrogen (secondary N) is 1. The number of benzene rings is 2. The second kappa shape index (κ2) is 6.21. The molecule has 2 aromatic rings. The molecule has 3 N–H and O–H groups in total. The molecule has 0 spiro atoms. The van der Waals surface area contributed by atoms with E-state index in [1.165, 1.54) is 0 Å². The lowest BCUT2D eigenvalue weighted by Gasteiger charge is -2.09. The fourth-order valence-electron chi connectivity index (χ4n) is 1.75. The zero-order valence-corrected chi connectivity index (χ0v) is 11.4. The number of rotatable bonds is 4. The van der Waals surface area contributed by atoms with Gasteiger partial charge in [-0.05, 0) is 29.8 Å². The van der Waals surface area contributed by atoms with E-state index >= 15 is 0 Å². The molecule has 0 saturated carbocycles. The van der Waals surface area contributed by atoms with Gasteiger partial charge in [0.25, 0.3) is 11.8 Å². The van der Waals surface area contributed by atoms with Gasteiger partial charge in [-0.1, -0.05) is 24.3 Å². The lowest BCUT2D eigenvalue weighted by molar-refractivity contribution is 0.100. The van der Waals surface area contributed by atoms with Gasteiger partial charge in [-0.15, -0.1) is 11.6 Å².